The summed E-state index contributed by atoms with van der Waals surface area (Å²) in [6.45, 7) is 25.4. The molecule has 0 radical (unpaired) electrons. The van der Waals surface area contributed by atoms with Gasteiger partial charge >= 0.3 is 11.9 Å². The summed E-state index contributed by atoms with van der Waals surface area (Å²) in [5.74, 6) is 2.35. The minimum atomic E-state index is -0.886. The highest BCUT2D eigenvalue weighted by atomic mass is 16.5. The van der Waals surface area contributed by atoms with E-state index in [0.717, 1.165) is 49.8 Å². The molecule has 0 saturated heterocycles. The van der Waals surface area contributed by atoms with Crippen molar-refractivity contribution in [3.63, 3.8) is 0 Å². The number of carboxylic acid groups (broad SMARTS) is 1. The summed E-state index contributed by atoms with van der Waals surface area (Å²) in [4.78, 5) is 38.3. The molecule has 284 valence electrons. The van der Waals surface area contributed by atoms with Crippen LogP contribution in [0.4, 0.5) is 0 Å². The second kappa shape index (κ2) is 13.1. The lowest BCUT2D eigenvalue weighted by molar-refractivity contribution is -0.250. The molecular weight excluding hydrogens is 638 g/mol. The van der Waals surface area contributed by atoms with Gasteiger partial charge in [-0.2, -0.15) is 0 Å². The Morgan fingerprint density at radius 1 is 0.941 bits per heavy atom. The van der Waals surface area contributed by atoms with Gasteiger partial charge in [0.1, 0.15) is 11.9 Å². The van der Waals surface area contributed by atoms with Crippen molar-refractivity contribution < 1.29 is 28.6 Å². The Morgan fingerprint density at radius 3 is 2.31 bits per heavy atom. The van der Waals surface area contributed by atoms with Crippen LogP contribution in [0.1, 0.15) is 150 Å². The van der Waals surface area contributed by atoms with Crippen molar-refractivity contribution >= 4 is 17.8 Å². The number of hydrogen-bond donors (Lipinski definition) is 2. The average molecular weight is 706 g/mol. The Morgan fingerprint density at radius 2 is 1.67 bits per heavy atom. The van der Waals surface area contributed by atoms with Gasteiger partial charge in [0, 0.05) is 11.8 Å². The maximum Gasteiger partial charge on any atom is 0.306 e. The molecule has 5 fully saturated rings. The third kappa shape index (κ3) is 6.43. The van der Waals surface area contributed by atoms with Gasteiger partial charge in [0.05, 0.1) is 25.6 Å². The lowest BCUT2D eigenvalue weighted by Gasteiger charge is -2.73. The molecule has 5 aliphatic rings. The molecule has 0 bridgehead atoms. The van der Waals surface area contributed by atoms with Gasteiger partial charge in [0.25, 0.3) is 0 Å². The molecule has 0 aliphatic heterocycles. The van der Waals surface area contributed by atoms with E-state index in [1.54, 1.807) is 6.26 Å². The molecule has 5 saturated carbocycles. The normalized spacial score (nSPS) is 39.9. The smallest absolute Gasteiger partial charge is 0.306 e. The van der Waals surface area contributed by atoms with Crippen molar-refractivity contribution in [1.29, 1.82) is 0 Å². The molecule has 51 heavy (non-hydrogen) atoms. The molecule has 7 heteroatoms. The van der Waals surface area contributed by atoms with E-state index < -0.39 is 11.4 Å². The number of fused-ring (bicyclic) bond motifs is 7. The fraction of sp³-hybridized carbons (Fsp3) is 0.795. The summed E-state index contributed by atoms with van der Waals surface area (Å²) in [5, 5.41) is 12.6. The topological polar surface area (TPSA) is 106 Å². The third-order valence-corrected chi connectivity index (χ3v) is 16.5. The van der Waals surface area contributed by atoms with E-state index in [9.17, 15) is 19.5 Å². The molecule has 0 unspecified atom stereocenters. The zero-order chi connectivity index (χ0) is 37.4. The zero-order valence-electron chi connectivity index (χ0n) is 33.2. The van der Waals surface area contributed by atoms with Gasteiger partial charge in [-0.25, -0.2) is 0 Å². The molecule has 2 N–H and O–H groups in total. The summed E-state index contributed by atoms with van der Waals surface area (Å²) in [7, 11) is 0. The molecule has 1 aromatic rings. The van der Waals surface area contributed by atoms with E-state index in [0.29, 0.717) is 42.6 Å². The molecule has 1 aromatic heterocycles. The molecule has 1 heterocycles. The molecule has 5 aliphatic carbocycles. The fourth-order valence-electron chi connectivity index (χ4n) is 14.0. The van der Waals surface area contributed by atoms with E-state index in [-0.39, 0.29) is 57.9 Å². The fourth-order valence-corrected chi connectivity index (χ4v) is 14.0. The average Bonchev–Trinajstić information content (AvgIpc) is 3.60. The first-order valence-corrected chi connectivity index (χ1v) is 20.0. The number of carbonyl (C=O) groups is 3. The van der Waals surface area contributed by atoms with E-state index in [2.05, 4.69) is 53.4 Å². The number of nitrogens with one attached hydrogen (secondary N) is 1. The van der Waals surface area contributed by atoms with Crippen LogP contribution in [0.2, 0.25) is 0 Å². The van der Waals surface area contributed by atoms with Gasteiger partial charge in [0.15, 0.2) is 0 Å². The number of amides is 1. The maximum absolute atomic E-state index is 13.7. The van der Waals surface area contributed by atoms with Gasteiger partial charge in [-0.05, 0) is 146 Å². The summed E-state index contributed by atoms with van der Waals surface area (Å²) in [6.07, 6.45) is 13.4. The van der Waals surface area contributed by atoms with Crippen LogP contribution < -0.4 is 5.32 Å². The molecule has 6 rings (SSSR count). The minimum Gasteiger partial charge on any atom is -0.481 e. The zero-order valence-corrected chi connectivity index (χ0v) is 33.2. The van der Waals surface area contributed by atoms with E-state index in [4.69, 9.17) is 9.15 Å². The van der Waals surface area contributed by atoms with Crippen molar-refractivity contribution in [3.8, 4) is 0 Å². The van der Waals surface area contributed by atoms with Crippen LogP contribution in [0, 0.1) is 69.0 Å². The van der Waals surface area contributed by atoms with Crippen molar-refractivity contribution in [2.75, 3.05) is 0 Å². The molecular formula is C44H67NO6. The number of carboxylic acids is 1. The molecule has 10 atom stereocenters. The van der Waals surface area contributed by atoms with Gasteiger partial charge < -0.3 is 19.6 Å². The predicted molar refractivity (Wildman–Crippen MR) is 199 cm³/mol. The maximum atomic E-state index is 13.7. The highest BCUT2D eigenvalue weighted by Gasteiger charge is 2.71. The number of carbonyl (C=O) groups excluding carboxylic acids is 2. The van der Waals surface area contributed by atoms with Crippen LogP contribution in [-0.2, 0) is 25.7 Å². The quantitative estimate of drug-likeness (QED) is 0.185. The summed E-state index contributed by atoms with van der Waals surface area (Å²) >= 11 is 0. The molecule has 0 spiro atoms. The first-order valence-electron chi connectivity index (χ1n) is 20.0. The monoisotopic (exact) mass is 705 g/mol. The Kier molecular flexibility index (Phi) is 9.78. The SMILES string of the molecule is C=C(C)[C@@H]1CC[C@]2(CC(=O)NCc3cc(C)co3)CC[C@]3(C)[C@H](CC[C@@H]4[C@@]5(C)CC[C@H](OC(=O)CC(C)(C)CC(=O)O)C(C)(C)[C@@H]5CC[C@]43C)[C@@H]12. The number of aliphatic carboxylic acids is 1. The van der Waals surface area contributed by atoms with Crippen LogP contribution in [-0.4, -0.2) is 29.1 Å². The standard InChI is InChI=1S/C44H67NO6/c1-27(2)30-13-18-44(22-35(46)45-25-29-21-28(3)26-50-29)20-19-42(9)31(38(30)44)11-12-33-41(8)16-15-34(40(6,7)32(41)14-17-43(33,42)10)51-37(49)24-39(4,5)23-36(47)48/h21,26,30-34,38H,1,11-20,22-25H2,2-10H3,(H,45,46)(H,47,48)/t30-,31+,32-,33+,34-,38+,41-,42+,43+,44+/m0/s1. The summed E-state index contributed by atoms with van der Waals surface area (Å²) < 4.78 is 11.9. The third-order valence-electron chi connectivity index (χ3n) is 16.5. The van der Waals surface area contributed by atoms with Gasteiger partial charge in [-0.1, -0.05) is 60.6 Å². The second-order valence-corrected chi connectivity index (χ2v) is 20.3. The number of hydrogen-bond acceptors (Lipinski definition) is 5. The van der Waals surface area contributed by atoms with Gasteiger partial charge in [0.2, 0.25) is 5.91 Å². The molecule has 0 aromatic carbocycles. The van der Waals surface area contributed by atoms with Gasteiger partial charge in [-0.15, -0.1) is 0 Å². The summed E-state index contributed by atoms with van der Waals surface area (Å²) in [6, 6.07) is 2.00. The van der Waals surface area contributed by atoms with E-state index >= 15 is 0 Å². The number of allylic oxidation sites excluding steroid dienone is 1. The van der Waals surface area contributed by atoms with E-state index in [1.165, 1.54) is 31.3 Å². The largest absolute Gasteiger partial charge is 0.481 e. The van der Waals surface area contributed by atoms with Crippen LogP contribution in [0.3, 0.4) is 0 Å². The van der Waals surface area contributed by atoms with E-state index in [1.807, 2.05) is 26.8 Å². The van der Waals surface area contributed by atoms with Crippen molar-refractivity contribution in [2.24, 2.45) is 62.1 Å². The first-order chi connectivity index (χ1) is 23.7. The highest BCUT2D eigenvalue weighted by molar-refractivity contribution is 5.77. The minimum absolute atomic E-state index is 0.0181. The number of rotatable bonds is 10. The first kappa shape index (κ1) is 38.2. The highest BCUT2D eigenvalue weighted by Crippen LogP contribution is 2.78. The lowest BCUT2D eigenvalue weighted by atomic mass is 9.32. The number of esters is 1. The predicted octanol–water partition coefficient (Wildman–Crippen LogP) is 10.1. The van der Waals surface area contributed by atoms with Gasteiger partial charge in [-0.3, -0.25) is 14.4 Å². The number of ether oxygens (including phenoxy) is 1. The van der Waals surface area contributed by atoms with Crippen LogP contribution in [0.15, 0.2) is 28.9 Å². The van der Waals surface area contributed by atoms with Crippen LogP contribution >= 0.6 is 0 Å². The van der Waals surface area contributed by atoms with Crippen molar-refractivity contribution in [3.05, 3.63) is 35.8 Å². The second-order valence-electron chi connectivity index (χ2n) is 20.3. The Balaban J connectivity index is 1.21. The van der Waals surface area contributed by atoms with Crippen molar-refractivity contribution in [1.82, 2.24) is 5.32 Å². The van der Waals surface area contributed by atoms with Crippen LogP contribution in [0.5, 0.6) is 0 Å². The van der Waals surface area contributed by atoms with Crippen molar-refractivity contribution in [2.45, 2.75) is 158 Å². The Labute approximate surface area is 307 Å². The number of furan rings is 1. The number of aryl methyl sites for hydroxylation is 1. The molecule has 7 nitrogen and oxygen atoms in total. The lowest BCUT2D eigenvalue weighted by Crippen LogP contribution is -2.67. The van der Waals surface area contributed by atoms with Crippen LogP contribution in [0.25, 0.3) is 0 Å². The Bertz CT molecular complexity index is 1540. The summed E-state index contributed by atoms with van der Waals surface area (Å²) in [5.41, 5.74) is 2.10. The Hall–Kier alpha value is -2.57. The molecule has 1 amide bonds.